The van der Waals surface area contributed by atoms with Crippen molar-refractivity contribution >= 4 is 79.5 Å². The Hall–Kier alpha value is -1.52. The predicted molar refractivity (Wildman–Crippen MR) is 313 cm³/mol. The molecular formula is C64H102CaO6S2. The second-order valence-corrected chi connectivity index (χ2v) is 24.3. The third-order valence-electron chi connectivity index (χ3n) is 15.0. The predicted octanol–water partition coefficient (Wildman–Crippen LogP) is 19.4. The first-order valence-electron chi connectivity index (χ1n) is 29.9. The summed E-state index contributed by atoms with van der Waals surface area (Å²) in [5.74, 6) is 0. The Morgan fingerprint density at radius 1 is 0.301 bits per heavy atom. The van der Waals surface area contributed by atoms with Gasteiger partial charge in [0.1, 0.15) is 20.2 Å². The Kier molecular flexibility index (Phi) is 38.5. The molecule has 0 amide bonds. The molecule has 9 heteroatoms. The van der Waals surface area contributed by atoms with Crippen molar-refractivity contribution in [3.8, 4) is 0 Å². The summed E-state index contributed by atoms with van der Waals surface area (Å²) in [5, 5.41) is 3.98. The largest absolute Gasteiger partial charge is 2.00 e. The zero-order valence-electron chi connectivity index (χ0n) is 47.0. The van der Waals surface area contributed by atoms with Gasteiger partial charge in [0.15, 0.2) is 0 Å². The zero-order chi connectivity index (χ0) is 52.1. The van der Waals surface area contributed by atoms with Crippen molar-refractivity contribution in [2.24, 2.45) is 0 Å². The van der Waals surface area contributed by atoms with E-state index in [1.165, 1.54) is 240 Å². The molecule has 0 heterocycles. The molecule has 4 rings (SSSR count). The summed E-state index contributed by atoms with van der Waals surface area (Å²) in [7, 11) is -8.88. The van der Waals surface area contributed by atoms with E-state index in [4.69, 9.17) is 0 Å². The molecule has 0 unspecified atom stereocenters. The maximum atomic E-state index is 11.6. The second-order valence-electron chi connectivity index (χ2n) is 21.5. The molecule has 408 valence electrons. The van der Waals surface area contributed by atoms with Gasteiger partial charge in [-0.3, -0.25) is 0 Å². The smallest absolute Gasteiger partial charge is 0.744 e. The monoisotopic (exact) mass is 1070 g/mol. The SMILES string of the molecule is CCCCCCCCCCCc1cc(CCCCCCCCCCC)c2ccc(S(=O)(=O)[O-])cc2c1.CCCCCCCCCCCc1cc(CCCCCCCCCCC)c2ccc(S(=O)(=O)[O-])cc2c1.[Ca+2]. The summed E-state index contributed by atoms with van der Waals surface area (Å²) in [4.78, 5) is -0.242. The number of rotatable bonds is 42. The van der Waals surface area contributed by atoms with Gasteiger partial charge in [-0.1, -0.05) is 270 Å². The van der Waals surface area contributed by atoms with Crippen molar-refractivity contribution < 1.29 is 25.9 Å². The number of hydrogen-bond acceptors (Lipinski definition) is 6. The van der Waals surface area contributed by atoms with Gasteiger partial charge < -0.3 is 9.11 Å². The van der Waals surface area contributed by atoms with Crippen LogP contribution in [0.25, 0.3) is 21.5 Å². The fourth-order valence-electron chi connectivity index (χ4n) is 10.5. The van der Waals surface area contributed by atoms with E-state index in [-0.39, 0.29) is 47.5 Å². The quantitative estimate of drug-likeness (QED) is 0.0248. The minimum Gasteiger partial charge on any atom is -0.744 e. The van der Waals surface area contributed by atoms with Crippen LogP contribution in [0.2, 0.25) is 0 Å². The van der Waals surface area contributed by atoms with Crippen LogP contribution in [-0.4, -0.2) is 63.7 Å². The molecule has 4 aromatic rings. The topological polar surface area (TPSA) is 114 Å². The first kappa shape index (κ1) is 67.6. The van der Waals surface area contributed by atoms with Crippen LogP contribution in [0.4, 0.5) is 0 Å². The molecule has 0 aromatic heterocycles. The van der Waals surface area contributed by atoms with Gasteiger partial charge in [0.25, 0.3) is 0 Å². The van der Waals surface area contributed by atoms with Crippen molar-refractivity contribution in [3.63, 3.8) is 0 Å². The number of benzene rings is 4. The van der Waals surface area contributed by atoms with Crippen molar-refractivity contribution in [1.82, 2.24) is 0 Å². The molecule has 0 aliphatic rings. The molecule has 0 aliphatic carbocycles. The van der Waals surface area contributed by atoms with Crippen LogP contribution in [0.15, 0.2) is 70.5 Å². The van der Waals surface area contributed by atoms with Crippen LogP contribution in [0.5, 0.6) is 0 Å². The number of hydrogen-bond donors (Lipinski definition) is 0. The fourth-order valence-corrected chi connectivity index (χ4v) is 11.5. The summed E-state index contributed by atoms with van der Waals surface area (Å²) >= 11 is 0. The molecule has 0 saturated carbocycles. The van der Waals surface area contributed by atoms with Gasteiger partial charge in [0.05, 0.1) is 9.79 Å². The molecule has 0 atom stereocenters. The van der Waals surface area contributed by atoms with Gasteiger partial charge in [-0.15, -0.1) is 0 Å². The van der Waals surface area contributed by atoms with Crippen molar-refractivity contribution in [1.29, 1.82) is 0 Å². The Bertz CT molecular complexity index is 2100. The van der Waals surface area contributed by atoms with Crippen LogP contribution >= 0.6 is 0 Å². The summed E-state index contributed by atoms with van der Waals surface area (Å²) in [6, 6.07) is 18.7. The Morgan fingerprint density at radius 2 is 0.534 bits per heavy atom. The average Bonchev–Trinajstić information content (AvgIpc) is 3.36. The van der Waals surface area contributed by atoms with Crippen molar-refractivity contribution in [2.75, 3.05) is 0 Å². The Balaban J connectivity index is 0.000000493. The van der Waals surface area contributed by atoms with E-state index in [1.54, 1.807) is 12.1 Å². The van der Waals surface area contributed by atoms with E-state index >= 15 is 0 Å². The summed E-state index contributed by atoms with van der Waals surface area (Å²) in [5.41, 5.74) is 5.15. The fraction of sp³-hybridized carbons (Fsp3) is 0.688. The number of aryl methyl sites for hydroxylation is 4. The molecule has 0 spiro atoms. The van der Waals surface area contributed by atoms with Crippen LogP contribution in [0.3, 0.4) is 0 Å². The molecule has 4 aromatic carbocycles. The normalized spacial score (nSPS) is 11.8. The molecule has 0 bridgehead atoms. The van der Waals surface area contributed by atoms with Gasteiger partial charge in [-0.2, -0.15) is 0 Å². The van der Waals surface area contributed by atoms with Crippen molar-refractivity contribution in [2.45, 2.75) is 294 Å². The third-order valence-corrected chi connectivity index (χ3v) is 16.6. The Labute approximate surface area is 478 Å². The van der Waals surface area contributed by atoms with E-state index in [0.717, 1.165) is 72.9 Å². The maximum absolute atomic E-state index is 11.6. The molecule has 73 heavy (non-hydrogen) atoms. The molecule has 0 saturated heterocycles. The first-order valence-corrected chi connectivity index (χ1v) is 32.8. The first-order chi connectivity index (χ1) is 34.9. The van der Waals surface area contributed by atoms with E-state index in [9.17, 15) is 25.9 Å². The minimum atomic E-state index is -4.44. The van der Waals surface area contributed by atoms with Crippen LogP contribution in [0, 0.1) is 0 Å². The van der Waals surface area contributed by atoms with E-state index in [2.05, 4.69) is 52.0 Å². The van der Waals surface area contributed by atoms with Gasteiger partial charge in [0, 0.05) is 0 Å². The summed E-state index contributed by atoms with van der Waals surface area (Å²) in [6.07, 6.45) is 51.2. The van der Waals surface area contributed by atoms with Crippen molar-refractivity contribution in [3.05, 3.63) is 82.9 Å². The number of fused-ring (bicyclic) bond motifs is 2. The Morgan fingerprint density at radius 3 is 0.781 bits per heavy atom. The van der Waals surface area contributed by atoms with E-state index in [0.29, 0.717) is 0 Å². The molecule has 0 fully saturated rings. The molecule has 0 aliphatic heterocycles. The molecular weight excluding hydrogens is 969 g/mol. The van der Waals surface area contributed by atoms with Gasteiger partial charge in [-0.25, -0.2) is 16.8 Å². The van der Waals surface area contributed by atoms with E-state index in [1.807, 2.05) is 12.1 Å². The van der Waals surface area contributed by atoms with Crippen LogP contribution in [-0.2, 0) is 45.9 Å². The summed E-state index contributed by atoms with van der Waals surface area (Å²) < 4.78 is 69.6. The van der Waals surface area contributed by atoms with Gasteiger partial charge in [-0.05, 0) is 119 Å². The standard InChI is InChI=1S/2C32H52O3S.Ca/c2*1-3-5-7-9-11-13-15-17-19-21-28-25-29(22-20-18-16-14-12-10-8-6-4-2)32-24-23-31(36(33,34)35)27-30(32)26-28;/h2*23-27H,3-22H2,1-2H3,(H,33,34,35);/q;;+2/p-2. The van der Waals surface area contributed by atoms with Crippen LogP contribution < -0.4 is 0 Å². The number of unbranched alkanes of at least 4 members (excludes halogenated alkanes) is 32. The third kappa shape index (κ3) is 30.3. The van der Waals surface area contributed by atoms with E-state index < -0.39 is 20.2 Å². The molecule has 0 radical (unpaired) electrons. The second kappa shape index (κ2) is 41.6. The maximum Gasteiger partial charge on any atom is 2.00 e. The van der Waals surface area contributed by atoms with Gasteiger partial charge >= 0.3 is 37.7 Å². The zero-order valence-corrected chi connectivity index (χ0v) is 50.9. The molecule has 6 nitrogen and oxygen atoms in total. The van der Waals surface area contributed by atoms with Gasteiger partial charge in [0.2, 0.25) is 0 Å². The van der Waals surface area contributed by atoms with Crippen LogP contribution in [0.1, 0.15) is 281 Å². The average molecular weight is 1070 g/mol. The molecule has 0 N–H and O–H groups in total. The minimum absolute atomic E-state index is 0. The summed E-state index contributed by atoms with van der Waals surface area (Å²) in [6.45, 7) is 9.04.